The summed E-state index contributed by atoms with van der Waals surface area (Å²) < 4.78 is 38.9. The van der Waals surface area contributed by atoms with Crippen molar-refractivity contribution in [3.63, 3.8) is 0 Å². The van der Waals surface area contributed by atoms with Crippen molar-refractivity contribution in [2.45, 2.75) is 12.6 Å². The van der Waals surface area contributed by atoms with Crippen molar-refractivity contribution in [1.29, 1.82) is 0 Å². The Morgan fingerprint density at radius 1 is 1.00 bits per heavy atom. The van der Waals surface area contributed by atoms with E-state index in [1.54, 1.807) is 30.3 Å². The third-order valence-electron chi connectivity index (χ3n) is 3.42. The van der Waals surface area contributed by atoms with E-state index in [2.05, 4.69) is 5.32 Å². The fourth-order valence-corrected chi connectivity index (χ4v) is 2.40. The van der Waals surface area contributed by atoms with Crippen molar-refractivity contribution in [2.75, 3.05) is 10.2 Å². The molecule has 23 heavy (non-hydrogen) atoms. The van der Waals surface area contributed by atoms with Gasteiger partial charge in [-0.3, -0.25) is 14.5 Å². The van der Waals surface area contributed by atoms with Crippen molar-refractivity contribution in [2.24, 2.45) is 0 Å². The topological polar surface area (TPSA) is 49.4 Å². The smallest absolute Gasteiger partial charge is 0.324 e. The van der Waals surface area contributed by atoms with Crippen LogP contribution in [0.2, 0.25) is 0 Å². The maximum atomic E-state index is 13.0. The predicted molar refractivity (Wildman–Crippen MR) is 78.3 cm³/mol. The minimum Gasteiger partial charge on any atom is -0.324 e. The molecule has 1 aliphatic rings. The van der Waals surface area contributed by atoms with E-state index in [1.165, 1.54) is 0 Å². The Morgan fingerprint density at radius 3 is 2.35 bits per heavy atom. The Balaban J connectivity index is 2.20. The highest BCUT2D eigenvalue weighted by Gasteiger charge is 2.34. The Morgan fingerprint density at radius 2 is 1.70 bits per heavy atom. The lowest BCUT2D eigenvalue weighted by Gasteiger charge is -2.23. The van der Waals surface area contributed by atoms with E-state index in [9.17, 15) is 22.8 Å². The molecule has 118 valence electrons. The largest absolute Gasteiger partial charge is 0.416 e. The zero-order chi connectivity index (χ0) is 16.6. The molecule has 0 saturated heterocycles. The fraction of sp³-hybridized carbons (Fsp3) is 0.125. The van der Waals surface area contributed by atoms with Gasteiger partial charge >= 0.3 is 6.18 Å². The van der Waals surface area contributed by atoms with Gasteiger partial charge in [0.25, 0.3) is 0 Å². The maximum Gasteiger partial charge on any atom is 0.416 e. The molecule has 0 aliphatic carbocycles. The first-order valence-electron chi connectivity index (χ1n) is 6.75. The molecule has 0 spiro atoms. The lowest BCUT2D eigenvalue weighted by Crippen LogP contribution is -2.26. The summed E-state index contributed by atoms with van der Waals surface area (Å²) in [6, 6.07) is 11.1. The number of hydrogen-bond donors (Lipinski definition) is 1. The summed E-state index contributed by atoms with van der Waals surface area (Å²) in [6.07, 6.45) is -4.98. The molecule has 0 unspecified atom stereocenters. The van der Waals surface area contributed by atoms with Gasteiger partial charge in [-0.05, 0) is 30.3 Å². The molecule has 0 saturated carbocycles. The van der Waals surface area contributed by atoms with E-state index < -0.39 is 30.0 Å². The Bertz CT molecular complexity index is 773. The maximum absolute atomic E-state index is 13.0. The average molecular weight is 320 g/mol. The SMILES string of the molecule is O=C1CC(=O)N(c2ccccc2)c2cc(C(F)(F)F)ccc2N1. The number of fused-ring (bicyclic) bond motifs is 1. The van der Waals surface area contributed by atoms with Gasteiger partial charge in [0, 0.05) is 5.69 Å². The first-order chi connectivity index (χ1) is 10.9. The lowest BCUT2D eigenvalue weighted by molar-refractivity contribution is -0.137. The van der Waals surface area contributed by atoms with Crippen LogP contribution in [0.15, 0.2) is 48.5 Å². The number of hydrogen-bond acceptors (Lipinski definition) is 2. The van der Waals surface area contributed by atoms with Crippen LogP contribution in [0, 0.1) is 0 Å². The van der Waals surface area contributed by atoms with Gasteiger partial charge in [0.05, 0.1) is 16.9 Å². The molecule has 0 radical (unpaired) electrons. The number of nitrogens with one attached hydrogen (secondary N) is 1. The molecular weight excluding hydrogens is 309 g/mol. The highest BCUT2D eigenvalue weighted by atomic mass is 19.4. The number of amides is 2. The number of para-hydroxylation sites is 1. The van der Waals surface area contributed by atoms with Crippen LogP contribution in [0.3, 0.4) is 0 Å². The number of halogens is 3. The average Bonchev–Trinajstić information content (AvgIpc) is 2.61. The molecule has 1 N–H and O–H groups in total. The molecule has 3 rings (SSSR count). The molecule has 0 fully saturated rings. The Kier molecular flexibility index (Phi) is 3.55. The zero-order valence-electron chi connectivity index (χ0n) is 11.7. The first-order valence-corrected chi connectivity index (χ1v) is 6.75. The highest BCUT2D eigenvalue weighted by molar-refractivity contribution is 6.17. The molecule has 2 amide bonds. The number of anilines is 3. The highest BCUT2D eigenvalue weighted by Crippen LogP contribution is 2.39. The normalized spacial score (nSPS) is 15.0. The molecule has 0 atom stereocenters. The standard InChI is InChI=1S/C16H11F3N2O2/c17-16(18,19)10-6-7-12-13(8-10)21(11-4-2-1-3-5-11)15(23)9-14(22)20-12/h1-8H,9H2,(H,20,22). The van der Waals surface area contributed by atoms with Gasteiger partial charge < -0.3 is 5.32 Å². The second-order valence-electron chi connectivity index (χ2n) is 5.02. The van der Waals surface area contributed by atoms with Crippen molar-refractivity contribution in [3.05, 3.63) is 54.1 Å². The van der Waals surface area contributed by atoms with Gasteiger partial charge in [0.2, 0.25) is 11.8 Å². The number of carbonyl (C=O) groups is 2. The molecule has 4 nitrogen and oxygen atoms in total. The van der Waals surface area contributed by atoms with Crippen molar-refractivity contribution in [3.8, 4) is 0 Å². The van der Waals surface area contributed by atoms with Gasteiger partial charge in [0.1, 0.15) is 6.42 Å². The summed E-state index contributed by atoms with van der Waals surface area (Å²) in [5.41, 5.74) is -0.324. The minimum atomic E-state index is -4.54. The van der Waals surface area contributed by atoms with Gasteiger partial charge in [-0.25, -0.2) is 0 Å². The molecule has 2 aromatic rings. The summed E-state index contributed by atoms with van der Waals surface area (Å²) in [6.45, 7) is 0. The lowest BCUT2D eigenvalue weighted by atomic mass is 10.1. The molecule has 7 heteroatoms. The van der Waals surface area contributed by atoms with Gasteiger partial charge in [-0.15, -0.1) is 0 Å². The molecule has 0 aromatic heterocycles. The van der Waals surface area contributed by atoms with E-state index in [1.807, 2.05) is 0 Å². The summed E-state index contributed by atoms with van der Waals surface area (Å²) in [5, 5.41) is 2.46. The van der Waals surface area contributed by atoms with Crippen LogP contribution in [-0.4, -0.2) is 11.8 Å². The van der Waals surface area contributed by atoms with E-state index in [-0.39, 0.29) is 11.4 Å². The quantitative estimate of drug-likeness (QED) is 0.814. The third kappa shape index (κ3) is 2.90. The van der Waals surface area contributed by atoms with E-state index in [0.717, 1.165) is 23.1 Å². The van der Waals surface area contributed by atoms with Gasteiger partial charge in [0.15, 0.2) is 0 Å². The van der Waals surface area contributed by atoms with Crippen LogP contribution in [0.5, 0.6) is 0 Å². The fourth-order valence-electron chi connectivity index (χ4n) is 2.40. The summed E-state index contributed by atoms with van der Waals surface area (Å²) in [4.78, 5) is 25.2. The monoisotopic (exact) mass is 320 g/mol. The van der Waals surface area contributed by atoms with Gasteiger partial charge in [-0.1, -0.05) is 18.2 Å². The molecular formula is C16H11F3N2O2. The number of alkyl halides is 3. The number of rotatable bonds is 1. The minimum absolute atomic E-state index is 0.00174. The van der Waals surface area contributed by atoms with Crippen molar-refractivity contribution in [1.82, 2.24) is 0 Å². The molecule has 1 heterocycles. The molecule has 2 aromatic carbocycles. The van der Waals surface area contributed by atoms with Crippen LogP contribution in [0.4, 0.5) is 30.2 Å². The predicted octanol–water partition coefficient (Wildman–Crippen LogP) is 3.71. The Labute approximate surface area is 129 Å². The van der Waals surface area contributed by atoms with E-state index >= 15 is 0 Å². The van der Waals surface area contributed by atoms with Crippen LogP contribution in [-0.2, 0) is 15.8 Å². The first kappa shape index (κ1) is 15.1. The zero-order valence-corrected chi connectivity index (χ0v) is 11.7. The van der Waals surface area contributed by atoms with Gasteiger partial charge in [-0.2, -0.15) is 13.2 Å². The number of carbonyl (C=O) groups excluding carboxylic acids is 2. The summed E-state index contributed by atoms with van der Waals surface area (Å²) in [7, 11) is 0. The second-order valence-corrected chi connectivity index (χ2v) is 5.02. The van der Waals surface area contributed by atoms with Crippen LogP contribution in [0.1, 0.15) is 12.0 Å². The second kappa shape index (κ2) is 5.42. The summed E-state index contributed by atoms with van der Waals surface area (Å²) in [5.74, 6) is -1.15. The van der Waals surface area contributed by atoms with Crippen molar-refractivity contribution >= 4 is 28.9 Å². The Hall–Kier alpha value is -2.83. The van der Waals surface area contributed by atoms with Crippen molar-refractivity contribution < 1.29 is 22.8 Å². The number of benzene rings is 2. The van der Waals surface area contributed by atoms with Crippen LogP contribution in [0.25, 0.3) is 0 Å². The van der Waals surface area contributed by atoms with E-state index in [0.29, 0.717) is 5.69 Å². The third-order valence-corrected chi connectivity index (χ3v) is 3.42. The summed E-state index contributed by atoms with van der Waals surface area (Å²) >= 11 is 0. The number of nitrogens with zero attached hydrogens (tertiary/aromatic N) is 1. The molecule has 0 bridgehead atoms. The molecule has 1 aliphatic heterocycles. The van der Waals surface area contributed by atoms with Crippen LogP contribution >= 0.6 is 0 Å². The van der Waals surface area contributed by atoms with E-state index in [4.69, 9.17) is 0 Å². The van der Waals surface area contributed by atoms with Crippen LogP contribution < -0.4 is 10.2 Å².